The van der Waals surface area contributed by atoms with Crippen molar-refractivity contribution in [1.29, 1.82) is 0 Å². The average molecular weight is 494 g/mol. The van der Waals surface area contributed by atoms with Crippen molar-refractivity contribution in [3.05, 3.63) is 144 Å². The summed E-state index contributed by atoms with van der Waals surface area (Å²) < 4.78 is 0. The summed E-state index contributed by atoms with van der Waals surface area (Å²) in [6.45, 7) is 0.259. The van der Waals surface area contributed by atoms with E-state index in [2.05, 4.69) is 10.6 Å². The number of nitrogens with two attached hydrogens (primary N) is 1. The monoisotopic (exact) mass is 493 g/mol. The molecule has 4 aromatic rings. The lowest BCUT2D eigenvalue weighted by molar-refractivity contribution is -0.131. The van der Waals surface area contributed by atoms with Crippen LogP contribution < -0.4 is 16.4 Å². The summed E-state index contributed by atoms with van der Waals surface area (Å²) in [5.41, 5.74) is 8.66. The maximum absolute atomic E-state index is 13.5. The van der Waals surface area contributed by atoms with Crippen LogP contribution in [0.1, 0.15) is 28.7 Å². The molecule has 0 aliphatic carbocycles. The summed E-state index contributed by atoms with van der Waals surface area (Å²) in [6, 6.07) is 37.4. The summed E-state index contributed by atoms with van der Waals surface area (Å²) in [5.74, 6) is -1.01. The van der Waals surface area contributed by atoms with E-state index in [-0.39, 0.29) is 18.9 Å². The third-order valence-corrected chi connectivity index (χ3v) is 6.35. The van der Waals surface area contributed by atoms with Crippen molar-refractivity contribution in [2.45, 2.75) is 30.7 Å². The molecule has 0 saturated heterocycles. The van der Waals surface area contributed by atoms with E-state index < -0.39 is 23.6 Å². The van der Waals surface area contributed by atoms with Crippen molar-refractivity contribution in [3.8, 4) is 0 Å². The van der Waals surface area contributed by atoms with E-state index in [0.717, 1.165) is 22.3 Å². The highest BCUT2D eigenvalue weighted by Gasteiger charge is 2.38. The van der Waals surface area contributed by atoms with Crippen LogP contribution in [0.25, 0.3) is 0 Å². The minimum atomic E-state index is -1.53. The van der Waals surface area contributed by atoms with Gasteiger partial charge in [0, 0.05) is 19.0 Å². The van der Waals surface area contributed by atoms with Gasteiger partial charge < -0.3 is 21.5 Å². The van der Waals surface area contributed by atoms with Crippen molar-refractivity contribution in [3.63, 3.8) is 0 Å². The molecule has 4 aromatic carbocycles. The number of amides is 2. The summed E-state index contributed by atoms with van der Waals surface area (Å²) in [6.07, 6.45) is -1.78. The third-order valence-electron chi connectivity index (χ3n) is 6.35. The van der Waals surface area contributed by atoms with Gasteiger partial charge in [0.05, 0.1) is 0 Å². The molecule has 0 bridgehead atoms. The topological polar surface area (TPSA) is 104 Å². The lowest BCUT2D eigenvalue weighted by Gasteiger charge is -2.37. The summed E-state index contributed by atoms with van der Waals surface area (Å²) in [7, 11) is 0. The van der Waals surface area contributed by atoms with Gasteiger partial charge in [-0.05, 0) is 22.3 Å². The molecule has 6 heteroatoms. The lowest BCUT2D eigenvalue weighted by atomic mass is 9.77. The fourth-order valence-electron chi connectivity index (χ4n) is 4.45. The molecule has 5 N–H and O–H groups in total. The molecule has 188 valence electrons. The molecule has 37 heavy (non-hydrogen) atoms. The van der Waals surface area contributed by atoms with Crippen LogP contribution in [0.2, 0.25) is 0 Å². The standard InChI is InChI=1S/C31H31N3O3/c32-27(29(36)30(37)33-22-23-13-5-1-6-14-23)21-28(35)34-31(24-15-7-2-8-16-24,25-17-9-3-10-18-25)26-19-11-4-12-20-26/h1-20,27,29,36H,21-22,32H2,(H,33,37)(H,34,35)/t27-,29?/m1/s1. The second-order valence-corrected chi connectivity index (χ2v) is 8.91. The zero-order valence-electron chi connectivity index (χ0n) is 20.5. The van der Waals surface area contributed by atoms with Crippen LogP contribution in [-0.2, 0) is 21.7 Å². The number of rotatable bonds is 10. The average Bonchev–Trinajstić information content (AvgIpc) is 2.96. The number of aliphatic hydroxyl groups is 1. The molecule has 2 atom stereocenters. The van der Waals surface area contributed by atoms with E-state index in [1.807, 2.05) is 121 Å². The molecular formula is C31H31N3O3. The molecule has 0 aliphatic heterocycles. The summed E-state index contributed by atoms with van der Waals surface area (Å²) in [4.78, 5) is 26.0. The Morgan fingerprint density at radius 3 is 1.54 bits per heavy atom. The molecule has 0 radical (unpaired) electrons. The predicted octanol–water partition coefficient (Wildman–Crippen LogP) is 3.49. The molecule has 0 fully saturated rings. The van der Waals surface area contributed by atoms with Crippen LogP contribution in [0.5, 0.6) is 0 Å². The first-order valence-electron chi connectivity index (χ1n) is 12.2. The molecule has 2 amide bonds. The molecule has 0 aliphatic rings. The van der Waals surface area contributed by atoms with E-state index in [9.17, 15) is 14.7 Å². The third kappa shape index (κ3) is 6.12. The Hall–Kier alpha value is -4.26. The number of nitrogens with one attached hydrogen (secondary N) is 2. The Morgan fingerprint density at radius 1 is 0.703 bits per heavy atom. The lowest BCUT2D eigenvalue weighted by Crippen LogP contribution is -2.52. The van der Waals surface area contributed by atoms with Crippen LogP contribution in [0, 0.1) is 0 Å². The molecule has 0 saturated carbocycles. The van der Waals surface area contributed by atoms with Crippen LogP contribution in [0.3, 0.4) is 0 Å². The molecule has 0 heterocycles. The maximum atomic E-state index is 13.5. The number of hydrogen-bond donors (Lipinski definition) is 4. The van der Waals surface area contributed by atoms with Crippen molar-refractivity contribution in [2.75, 3.05) is 0 Å². The SMILES string of the molecule is N[C@H](CC(=O)NC(c1ccccc1)(c1ccccc1)c1ccccc1)C(O)C(=O)NCc1ccccc1. The van der Waals surface area contributed by atoms with Gasteiger partial charge >= 0.3 is 0 Å². The molecule has 6 nitrogen and oxygen atoms in total. The van der Waals surface area contributed by atoms with Gasteiger partial charge in [-0.25, -0.2) is 0 Å². The minimum absolute atomic E-state index is 0.242. The maximum Gasteiger partial charge on any atom is 0.250 e. The van der Waals surface area contributed by atoms with E-state index in [1.165, 1.54) is 0 Å². The zero-order valence-corrected chi connectivity index (χ0v) is 20.5. The Labute approximate surface area is 217 Å². The van der Waals surface area contributed by atoms with Gasteiger partial charge in [-0.2, -0.15) is 0 Å². The highest BCUT2D eigenvalue weighted by atomic mass is 16.3. The second-order valence-electron chi connectivity index (χ2n) is 8.91. The van der Waals surface area contributed by atoms with Crippen molar-refractivity contribution in [1.82, 2.24) is 10.6 Å². The number of benzene rings is 4. The Kier molecular flexibility index (Phi) is 8.46. The van der Waals surface area contributed by atoms with E-state index in [0.29, 0.717) is 0 Å². The number of aliphatic hydroxyl groups excluding tert-OH is 1. The Bertz CT molecular complexity index is 1190. The summed E-state index contributed by atoms with van der Waals surface area (Å²) >= 11 is 0. The number of carbonyl (C=O) groups is 2. The first kappa shape index (κ1) is 25.8. The minimum Gasteiger partial charge on any atom is -0.382 e. The summed E-state index contributed by atoms with van der Waals surface area (Å²) in [5, 5.41) is 16.4. The molecule has 0 spiro atoms. The van der Waals surface area contributed by atoms with Crippen molar-refractivity contribution >= 4 is 11.8 Å². The largest absolute Gasteiger partial charge is 0.382 e. The van der Waals surface area contributed by atoms with Gasteiger partial charge in [0.25, 0.3) is 5.91 Å². The van der Waals surface area contributed by atoms with Crippen LogP contribution >= 0.6 is 0 Å². The first-order valence-corrected chi connectivity index (χ1v) is 12.2. The quantitative estimate of drug-likeness (QED) is 0.254. The normalized spacial score (nSPS) is 12.8. The Balaban J connectivity index is 1.56. The van der Waals surface area contributed by atoms with Crippen molar-refractivity contribution < 1.29 is 14.7 Å². The number of hydrogen-bond acceptors (Lipinski definition) is 4. The highest BCUT2D eigenvalue weighted by molar-refractivity contribution is 5.84. The number of carbonyl (C=O) groups excluding carboxylic acids is 2. The first-order chi connectivity index (χ1) is 18.0. The van der Waals surface area contributed by atoms with Crippen LogP contribution in [0.15, 0.2) is 121 Å². The molecular weight excluding hydrogens is 462 g/mol. The molecule has 1 unspecified atom stereocenters. The van der Waals surface area contributed by atoms with Gasteiger partial charge in [-0.15, -0.1) is 0 Å². The van der Waals surface area contributed by atoms with E-state index in [1.54, 1.807) is 0 Å². The van der Waals surface area contributed by atoms with E-state index >= 15 is 0 Å². The smallest absolute Gasteiger partial charge is 0.250 e. The zero-order chi connectivity index (χ0) is 26.1. The molecule has 4 rings (SSSR count). The van der Waals surface area contributed by atoms with Gasteiger partial charge in [0.1, 0.15) is 11.6 Å². The fourth-order valence-corrected chi connectivity index (χ4v) is 4.45. The highest BCUT2D eigenvalue weighted by Crippen LogP contribution is 2.36. The molecule has 0 aromatic heterocycles. The fraction of sp³-hybridized carbons (Fsp3) is 0.161. The second kappa shape index (κ2) is 12.1. The van der Waals surface area contributed by atoms with E-state index in [4.69, 9.17) is 5.73 Å². The predicted molar refractivity (Wildman–Crippen MR) is 144 cm³/mol. The van der Waals surface area contributed by atoms with Crippen molar-refractivity contribution in [2.24, 2.45) is 5.73 Å². The van der Waals surface area contributed by atoms with Gasteiger partial charge in [-0.3, -0.25) is 9.59 Å². The van der Waals surface area contributed by atoms with Gasteiger partial charge in [0.2, 0.25) is 5.91 Å². The van der Waals surface area contributed by atoms with Gasteiger partial charge in [-0.1, -0.05) is 121 Å². The Morgan fingerprint density at radius 2 is 1.11 bits per heavy atom. The van der Waals surface area contributed by atoms with Crippen LogP contribution in [0.4, 0.5) is 0 Å². The van der Waals surface area contributed by atoms with Gasteiger partial charge in [0.15, 0.2) is 0 Å². The van der Waals surface area contributed by atoms with Crippen LogP contribution in [-0.4, -0.2) is 29.1 Å².